The Hall–Kier alpha value is -3.22. The molecule has 29 heavy (non-hydrogen) atoms. The summed E-state index contributed by atoms with van der Waals surface area (Å²) in [5.41, 5.74) is 0.771. The maximum absolute atomic E-state index is 12.2. The average molecular weight is 391 g/mol. The van der Waals surface area contributed by atoms with E-state index in [1.54, 1.807) is 29.4 Å². The number of amides is 1. The SMILES string of the molecule is O=C(CCC1CCCCC1)Nc1ccc(Oc2cc(-n3ccnc3)ncn2)cc1. The zero-order valence-electron chi connectivity index (χ0n) is 16.3. The summed E-state index contributed by atoms with van der Waals surface area (Å²) in [6.07, 6.45) is 14.7. The second-order valence-corrected chi connectivity index (χ2v) is 7.40. The lowest BCUT2D eigenvalue weighted by molar-refractivity contribution is -0.116. The van der Waals surface area contributed by atoms with Crippen LogP contribution in [0.15, 0.2) is 55.4 Å². The molecule has 0 saturated heterocycles. The van der Waals surface area contributed by atoms with Crippen molar-refractivity contribution in [1.82, 2.24) is 19.5 Å². The molecule has 0 atom stereocenters. The maximum Gasteiger partial charge on any atom is 0.224 e. The Morgan fingerprint density at radius 1 is 1.14 bits per heavy atom. The van der Waals surface area contributed by atoms with Gasteiger partial charge in [0, 0.05) is 30.6 Å². The Balaban J connectivity index is 1.30. The topological polar surface area (TPSA) is 81.9 Å². The van der Waals surface area contributed by atoms with Gasteiger partial charge in [-0.15, -0.1) is 0 Å². The van der Waals surface area contributed by atoms with Crippen molar-refractivity contribution in [1.29, 1.82) is 0 Å². The number of ether oxygens (including phenoxy) is 1. The van der Waals surface area contributed by atoms with Crippen molar-refractivity contribution in [3.8, 4) is 17.4 Å². The summed E-state index contributed by atoms with van der Waals surface area (Å²) in [6, 6.07) is 9.05. The minimum Gasteiger partial charge on any atom is -0.439 e. The Labute approximate surface area is 170 Å². The smallest absolute Gasteiger partial charge is 0.224 e. The van der Waals surface area contributed by atoms with Crippen LogP contribution in [0, 0.1) is 5.92 Å². The summed E-state index contributed by atoms with van der Waals surface area (Å²) in [5.74, 6) is 2.54. The lowest BCUT2D eigenvalue weighted by Gasteiger charge is -2.21. The molecule has 7 heteroatoms. The van der Waals surface area contributed by atoms with E-state index in [0.29, 0.717) is 29.8 Å². The second-order valence-electron chi connectivity index (χ2n) is 7.40. The van der Waals surface area contributed by atoms with Gasteiger partial charge in [0.25, 0.3) is 0 Å². The van der Waals surface area contributed by atoms with Crippen molar-refractivity contribution in [2.45, 2.75) is 44.9 Å². The molecule has 150 valence electrons. The molecule has 1 aliphatic rings. The van der Waals surface area contributed by atoms with Crippen LogP contribution in [0.1, 0.15) is 44.9 Å². The molecule has 1 aliphatic carbocycles. The van der Waals surface area contributed by atoms with Gasteiger partial charge in [0.1, 0.15) is 24.2 Å². The van der Waals surface area contributed by atoms with Crippen molar-refractivity contribution < 1.29 is 9.53 Å². The van der Waals surface area contributed by atoms with E-state index >= 15 is 0 Å². The van der Waals surface area contributed by atoms with E-state index < -0.39 is 0 Å². The number of rotatable bonds is 7. The Kier molecular flexibility index (Phi) is 6.14. The third-order valence-corrected chi connectivity index (χ3v) is 5.26. The molecule has 0 bridgehead atoms. The van der Waals surface area contributed by atoms with Gasteiger partial charge in [-0.25, -0.2) is 15.0 Å². The number of imidazole rings is 1. The first kappa shape index (κ1) is 19.1. The van der Waals surface area contributed by atoms with E-state index in [4.69, 9.17) is 4.74 Å². The van der Waals surface area contributed by atoms with E-state index in [1.807, 2.05) is 24.3 Å². The quantitative estimate of drug-likeness (QED) is 0.628. The molecule has 4 rings (SSSR count). The molecule has 1 amide bonds. The Morgan fingerprint density at radius 2 is 1.97 bits per heavy atom. The van der Waals surface area contributed by atoms with Crippen LogP contribution >= 0.6 is 0 Å². The Bertz CT molecular complexity index is 919. The monoisotopic (exact) mass is 391 g/mol. The second kappa shape index (κ2) is 9.32. The highest BCUT2D eigenvalue weighted by atomic mass is 16.5. The molecule has 0 aliphatic heterocycles. The van der Waals surface area contributed by atoms with Crippen LogP contribution < -0.4 is 10.1 Å². The van der Waals surface area contributed by atoms with E-state index in [0.717, 1.165) is 12.1 Å². The molecule has 1 saturated carbocycles. The molecule has 1 N–H and O–H groups in total. The van der Waals surface area contributed by atoms with Gasteiger partial charge < -0.3 is 10.1 Å². The van der Waals surface area contributed by atoms with Crippen molar-refractivity contribution in [2.24, 2.45) is 5.92 Å². The molecular formula is C22H25N5O2. The van der Waals surface area contributed by atoms with Crippen LogP contribution in [-0.4, -0.2) is 25.4 Å². The first-order valence-electron chi connectivity index (χ1n) is 10.1. The van der Waals surface area contributed by atoms with E-state index in [9.17, 15) is 4.79 Å². The van der Waals surface area contributed by atoms with E-state index in [1.165, 1.54) is 38.4 Å². The predicted octanol–water partition coefficient (Wildman–Crippen LogP) is 4.75. The third-order valence-electron chi connectivity index (χ3n) is 5.26. The first-order valence-corrected chi connectivity index (χ1v) is 10.1. The molecule has 1 aromatic carbocycles. The highest BCUT2D eigenvalue weighted by molar-refractivity contribution is 5.90. The number of hydrogen-bond donors (Lipinski definition) is 1. The lowest BCUT2D eigenvalue weighted by atomic mass is 9.86. The van der Waals surface area contributed by atoms with Crippen molar-refractivity contribution in [3.63, 3.8) is 0 Å². The van der Waals surface area contributed by atoms with Crippen LogP contribution in [0.3, 0.4) is 0 Å². The number of benzene rings is 1. The molecule has 2 aromatic heterocycles. The number of nitrogens with zero attached hydrogens (tertiary/aromatic N) is 4. The number of carbonyl (C=O) groups is 1. The first-order chi connectivity index (χ1) is 14.3. The molecular weight excluding hydrogens is 366 g/mol. The van der Waals surface area contributed by atoms with Gasteiger partial charge in [0.05, 0.1) is 0 Å². The average Bonchev–Trinajstić information content (AvgIpc) is 3.30. The number of nitrogens with one attached hydrogen (secondary N) is 1. The fourth-order valence-electron chi connectivity index (χ4n) is 3.68. The summed E-state index contributed by atoms with van der Waals surface area (Å²) in [5, 5.41) is 2.97. The molecule has 0 unspecified atom stereocenters. The summed E-state index contributed by atoms with van der Waals surface area (Å²) in [6.45, 7) is 0. The van der Waals surface area contributed by atoms with Gasteiger partial charge in [0.2, 0.25) is 11.8 Å². The van der Waals surface area contributed by atoms with Gasteiger partial charge in [0.15, 0.2) is 0 Å². The number of aromatic nitrogens is 4. The minimum atomic E-state index is 0.0741. The van der Waals surface area contributed by atoms with Crippen molar-refractivity contribution in [2.75, 3.05) is 5.32 Å². The molecule has 0 spiro atoms. The van der Waals surface area contributed by atoms with Crippen LogP contribution in [0.25, 0.3) is 5.82 Å². The molecule has 3 aromatic rings. The fourth-order valence-corrected chi connectivity index (χ4v) is 3.68. The highest BCUT2D eigenvalue weighted by Crippen LogP contribution is 2.27. The zero-order valence-corrected chi connectivity index (χ0v) is 16.3. The van der Waals surface area contributed by atoms with Gasteiger partial charge >= 0.3 is 0 Å². The minimum absolute atomic E-state index is 0.0741. The summed E-state index contributed by atoms with van der Waals surface area (Å²) in [4.78, 5) is 24.6. The lowest BCUT2D eigenvalue weighted by Crippen LogP contribution is -2.14. The predicted molar refractivity (Wildman–Crippen MR) is 110 cm³/mol. The summed E-state index contributed by atoms with van der Waals surface area (Å²) >= 11 is 0. The van der Waals surface area contributed by atoms with E-state index in [2.05, 4.69) is 20.3 Å². The summed E-state index contributed by atoms with van der Waals surface area (Å²) < 4.78 is 7.58. The number of anilines is 1. The standard InChI is InChI=1S/C22H25N5O2/c28-21(11-6-17-4-2-1-3-5-17)26-18-7-9-19(10-8-18)29-22-14-20(24-15-25-22)27-13-12-23-16-27/h7-10,12-17H,1-6,11H2,(H,26,28). The van der Waals surface area contributed by atoms with Gasteiger partial charge in [-0.05, 0) is 36.6 Å². The van der Waals surface area contributed by atoms with Crippen LogP contribution in [0.5, 0.6) is 11.6 Å². The molecule has 2 heterocycles. The summed E-state index contributed by atoms with van der Waals surface area (Å²) in [7, 11) is 0. The molecule has 7 nitrogen and oxygen atoms in total. The van der Waals surface area contributed by atoms with Gasteiger partial charge in [-0.1, -0.05) is 32.1 Å². The van der Waals surface area contributed by atoms with Gasteiger partial charge in [-0.2, -0.15) is 0 Å². The Morgan fingerprint density at radius 3 is 2.72 bits per heavy atom. The van der Waals surface area contributed by atoms with E-state index in [-0.39, 0.29) is 5.91 Å². The third kappa shape index (κ3) is 5.40. The van der Waals surface area contributed by atoms with Crippen molar-refractivity contribution >= 4 is 11.6 Å². The number of hydrogen-bond acceptors (Lipinski definition) is 5. The molecule has 0 radical (unpaired) electrons. The van der Waals surface area contributed by atoms with Gasteiger partial charge in [-0.3, -0.25) is 9.36 Å². The maximum atomic E-state index is 12.2. The van der Waals surface area contributed by atoms with Crippen molar-refractivity contribution in [3.05, 3.63) is 55.4 Å². The zero-order chi connectivity index (χ0) is 19.9. The molecule has 1 fully saturated rings. The van der Waals surface area contributed by atoms with Crippen LogP contribution in [0.2, 0.25) is 0 Å². The number of carbonyl (C=O) groups excluding carboxylic acids is 1. The fraction of sp³-hybridized carbons (Fsp3) is 0.364. The van der Waals surface area contributed by atoms with Crippen LogP contribution in [-0.2, 0) is 4.79 Å². The largest absolute Gasteiger partial charge is 0.439 e. The highest BCUT2D eigenvalue weighted by Gasteiger charge is 2.15. The van der Waals surface area contributed by atoms with Crippen LogP contribution in [0.4, 0.5) is 5.69 Å². The normalized spacial score (nSPS) is 14.5.